The van der Waals surface area contributed by atoms with Crippen molar-refractivity contribution in [2.75, 3.05) is 6.54 Å². The lowest BCUT2D eigenvalue weighted by Crippen LogP contribution is -2.24. The van der Waals surface area contributed by atoms with Crippen molar-refractivity contribution >= 4 is 11.9 Å². The molecular formula is C19H24N2O3. The predicted molar refractivity (Wildman–Crippen MR) is 93.9 cm³/mol. The molecule has 0 spiro atoms. The average molecular weight is 328 g/mol. The molecule has 2 aromatic rings. The van der Waals surface area contributed by atoms with Crippen LogP contribution in [0, 0.1) is 0 Å². The molecule has 5 nitrogen and oxygen atoms in total. The highest BCUT2D eigenvalue weighted by atomic mass is 16.4. The van der Waals surface area contributed by atoms with Crippen molar-refractivity contribution in [3.05, 3.63) is 48.3 Å². The Balaban J connectivity index is 1.71. The first kappa shape index (κ1) is 17.8. The second-order valence-electron chi connectivity index (χ2n) is 5.82. The molecule has 0 atom stereocenters. The number of carbonyl (C=O) groups is 2. The number of aliphatic carboxylic acids is 1. The van der Waals surface area contributed by atoms with Crippen molar-refractivity contribution in [3.63, 3.8) is 0 Å². The van der Waals surface area contributed by atoms with Crippen molar-refractivity contribution in [3.8, 4) is 11.1 Å². The van der Waals surface area contributed by atoms with E-state index in [4.69, 9.17) is 5.11 Å². The predicted octanol–water partition coefficient (Wildman–Crippen LogP) is 3.84. The van der Waals surface area contributed by atoms with Crippen LogP contribution in [0.15, 0.2) is 42.7 Å². The zero-order valence-corrected chi connectivity index (χ0v) is 13.8. The van der Waals surface area contributed by atoms with Gasteiger partial charge in [-0.25, -0.2) is 0 Å². The fraction of sp³-hybridized carbons (Fsp3) is 0.368. The monoisotopic (exact) mass is 328 g/mol. The van der Waals surface area contributed by atoms with Gasteiger partial charge in [-0.1, -0.05) is 49.6 Å². The van der Waals surface area contributed by atoms with Gasteiger partial charge in [0, 0.05) is 30.9 Å². The standard InChI is InChI=1S/C19H24N2O3/c22-18(23)11-7-2-1-3-8-12-21-19(24)17-14-20-13-16(17)15-9-5-4-6-10-15/h4-6,9-10,13-14,20H,1-3,7-8,11-12H2,(H,21,24)(H,22,23). The van der Waals surface area contributed by atoms with Crippen LogP contribution < -0.4 is 5.32 Å². The minimum absolute atomic E-state index is 0.0685. The number of carboxylic acid groups (broad SMARTS) is 1. The Labute approximate surface area is 142 Å². The molecule has 128 valence electrons. The van der Waals surface area contributed by atoms with Gasteiger partial charge in [-0.05, 0) is 18.4 Å². The van der Waals surface area contributed by atoms with E-state index in [1.807, 2.05) is 36.5 Å². The SMILES string of the molecule is O=C(O)CCCCCCCNC(=O)c1c[nH]cc1-c1ccccc1. The topological polar surface area (TPSA) is 82.2 Å². The van der Waals surface area contributed by atoms with Gasteiger partial charge in [-0.15, -0.1) is 0 Å². The summed E-state index contributed by atoms with van der Waals surface area (Å²) in [7, 11) is 0. The lowest BCUT2D eigenvalue weighted by molar-refractivity contribution is -0.137. The first-order chi connectivity index (χ1) is 11.7. The molecule has 2 rings (SSSR count). The zero-order valence-electron chi connectivity index (χ0n) is 13.8. The molecule has 0 aliphatic heterocycles. The van der Waals surface area contributed by atoms with Crippen molar-refractivity contribution in [1.82, 2.24) is 10.3 Å². The maximum atomic E-state index is 12.3. The van der Waals surface area contributed by atoms with E-state index in [1.165, 1.54) is 0 Å². The van der Waals surface area contributed by atoms with Gasteiger partial charge in [-0.3, -0.25) is 9.59 Å². The molecule has 1 heterocycles. The third-order valence-corrected chi connectivity index (χ3v) is 3.93. The van der Waals surface area contributed by atoms with Gasteiger partial charge >= 0.3 is 5.97 Å². The van der Waals surface area contributed by atoms with Gasteiger partial charge in [0.1, 0.15) is 0 Å². The van der Waals surface area contributed by atoms with Gasteiger partial charge in [0.15, 0.2) is 0 Å². The Morgan fingerprint density at radius 2 is 1.67 bits per heavy atom. The smallest absolute Gasteiger partial charge is 0.303 e. The number of unbranched alkanes of at least 4 members (excludes halogenated alkanes) is 4. The molecule has 1 amide bonds. The number of H-pyrrole nitrogens is 1. The Hall–Kier alpha value is -2.56. The number of hydrogen-bond donors (Lipinski definition) is 3. The number of carbonyl (C=O) groups excluding carboxylic acids is 1. The molecule has 0 saturated carbocycles. The van der Waals surface area contributed by atoms with Crippen LogP contribution in [0.25, 0.3) is 11.1 Å². The summed E-state index contributed by atoms with van der Waals surface area (Å²) in [6, 6.07) is 9.82. The average Bonchev–Trinajstić information content (AvgIpc) is 3.07. The van der Waals surface area contributed by atoms with E-state index < -0.39 is 5.97 Å². The number of rotatable bonds is 10. The molecule has 5 heteroatoms. The first-order valence-corrected chi connectivity index (χ1v) is 8.40. The quantitative estimate of drug-likeness (QED) is 0.580. The lowest BCUT2D eigenvalue weighted by atomic mass is 10.0. The van der Waals surface area contributed by atoms with E-state index in [2.05, 4.69) is 10.3 Å². The molecule has 0 fully saturated rings. The van der Waals surface area contributed by atoms with Crippen LogP contribution in [0.1, 0.15) is 48.9 Å². The molecule has 0 radical (unpaired) electrons. The molecule has 24 heavy (non-hydrogen) atoms. The summed E-state index contributed by atoms with van der Waals surface area (Å²) >= 11 is 0. The number of aromatic nitrogens is 1. The summed E-state index contributed by atoms with van der Waals surface area (Å²) in [4.78, 5) is 25.7. The molecule has 0 saturated heterocycles. The van der Waals surface area contributed by atoms with E-state index in [-0.39, 0.29) is 12.3 Å². The van der Waals surface area contributed by atoms with Crippen LogP contribution >= 0.6 is 0 Å². The number of amides is 1. The first-order valence-electron chi connectivity index (χ1n) is 8.40. The maximum absolute atomic E-state index is 12.3. The van der Waals surface area contributed by atoms with Crippen LogP contribution in [-0.4, -0.2) is 28.5 Å². The number of benzene rings is 1. The largest absolute Gasteiger partial charge is 0.481 e. The third kappa shape index (κ3) is 5.57. The van der Waals surface area contributed by atoms with Gasteiger partial charge in [0.25, 0.3) is 5.91 Å². The van der Waals surface area contributed by atoms with Crippen molar-refractivity contribution in [1.29, 1.82) is 0 Å². The van der Waals surface area contributed by atoms with E-state index in [0.29, 0.717) is 12.1 Å². The fourth-order valence-corrected chi connectivity index (χ4v) is 2.64. The van der Waals surface area contributed by atoms with Crippen LogP contribution in [0.2, 0.25) is 0 Å². The van der Waals surface area contributed by atoms with Crippen LogP contribution in [-0.2, 0) is 4.79 Å². The minimum Gasteiger partial charge on any atom is -0.481 e. The molecule has 1 aromatic carbocycles. The normalized spacial score (nSPS) is 10.5. The van der Waals surface area contributed by atoms with Crippen molar-refractivity contribution < 1.29 is 14.7 Å². The van der Waals surface area contributed by atoms with E-state index in [0.717, 1.165) is 43.2 Å². The Morgan fingerprint density at radius 1 is 0.958 bits per heavy atom. The summed E-state index contributed by atoms with van der Waals surface area (Å²) in [5.74, 6) is -0.802. The second kappa shape index (κ2) is 9.55. The maximum Gasteiger partial charge on any atom is 0.303 e. The molecule has 3 N–H and O–H groups in total. The van der Waals surface area contributed by atoms with Gasteiger partial charge < -0.3 is 15.4 Å². The Bertz CT molecular complexity index is 650. The van der Waals surface area contributed by atoms with Gasteiger partial charge in [0.2, 0.25) is 0 Å². The van der Waals surface area contributed by atoms with Crippen molar-refractivity contribution in [2.45, 2.75) is 38.5 Å². The summed E-state index contributed by atoms with van der Waals surface area (Å²) in [5.41, 5.74) is 2.58. The van der Waals surface area contributed by atoms with Gasteiger partial charge in [-0.2, -0.15) is 0 Å². The Kier molecular flexibility index (Phi) is 7.08. The summed E-state index contributed by atoms with van der Waals surface area (Å²) in [5, 5.41) is 11.5. The lowest BCUT2D eigenvalue weighted by Gasteiger charge is -2.06. The minimum atomic E-state index is -0.733. The van der Waals surface area contributed by atoms with Crippen LogP contribution in [0.3, 0.4) is 0 Å². The van der Waals surface area contributed by atoms with Crippen LogP contribution in [0.5, 0.6) is 0 Å². The molecular weight excluding hydrogens is 304 g/mol. The van der Waals surface area contributed by atoms with Gasteiger partial charge in [0.05, 0.1) is 5.56 Å². The van der Waals surface area contributed by atoms with Crippen LogP contribution in [0.4, 0.5) is 0 Å². The molecule has 0 aliphatic rings. The number of carboxylic acids is 1. The number of aromatic amines is 1. The highest BCUT2D eigenvalue weighted by Gasteiger charge is 2.13. The van der Waals surface area contributed by atoms with E-state index in [9.17, 15) is 9.59 Å². The third-order valence-electron chi connectivity index (χ3n) is 3.93. The summed E-state index contributed by atoms with van der Waals surface area (Å²) in [6.07, 6.45) is 8.37. The summed E-state index contributed by atoms with van der Waals surface area (Å²) < 4.78 is 0. The van der Waals surface area contributed by atoms with Crippen molar-refractivity contribution in [2.24, 2.45) is 0 Å². The molecule has 0 aliphatic carbocycles. The molecule has 0 bridgehead atoms. The number of hydrogen-bond acceptors (Lipinski definition) is 2. The summed E-state index contributed by atoms with van der Waals surface area (Å²) in [6.45, 7) is 0.636. The van der Waals surface area contributed by atoms with E-state index in [1.54, 1.807) is 6.20 Å². The zero-order chi connectivity index (χ0) is 17.2. The molecule has 0 unspecified atom stereocenters. The number of nitrogens with one attached hydrogen (secondary N) is 2. The fourth-order valence-electron chi connectivity index (χ4n) is 2.64. The second-order valence-corrected chi connectivity index (χ2v) is 5.82. The highest BCUT2D eigenvalue weighted by molar-refractivity contribution is 6.00. The van der Waals surface area contributed by atoms with E-state index >= 15 is 0 Å². The Morgan fingerprint density at radius 3 is 2.42 bits per heavy atom. The highest BCUT2D eigenvalue weighted by Crippen LogP contribution is 2.23. The molecule has 1 aromatic heterocycles.